The minimum absolute atomic E-state index is 0.102. The molecule has 20 atom stereocenters. The van der Waals surface area contributed by atoms with Crippen LogP contribution in [0.3, 0.4) is 0 Å². The Hall–Kier alpha value is -2.80. The number of carbonyl (C=O) groups is 1. The van der Waals surface area contributed by atoms with Crippen molar-refractivity contribution in [3.05, 3.63) is 46.3 Å². The number of rotatable bonds is 19. The molecule has 0 unspecified atom stereocenters. The van der Waals surface area contributed by atoms with Gasteiger partial charge in [0.1, 0.15) is 85.5 Å². The smallest absolute Gasteiger partial charge is 0.338 e. The van der Waals surface area contributed by atoms with E-state index in [1.165, 1.54) is 12.1 Å². The summed E-state index contributed by atoms with van der Waals surface area (Å²) in [7, 11) is 0. The van der Waals surface area contributed by atoms with Gasteiger partial charge in [-0.3, -0.25) is 0 Å². The first kappa shape index (κ1) is 45.7. The van der Waals surface area contributed by atoms with Crippen molar-refractivity contribution in [3.63, 3.8) is 0 Å². The predicted octanol–water partition coefficient (Wildman–Crippen LogP) is -5.53. The SMILES string of the molecule is [N-]=[N+]=NCCO[C@H]1O[C@H](CO[C@H]2O[C@H](CO)[C@@H](O)[C@@H]2O[C@H]2O[C@H](CO)[C@@H](O)[C@@H]2O)[C@@H](O[C@H]2O[C@H](CO)[C@@H](O)[C@@H]2O[C@H]2O[C@H](CO)[C@@H](O)[C@@H]2O)[C@@H]1OC(=O)c1ccccc1. The molecule has 5 aliphatic rings. The van der Waals surface area contributed by atoms with Gasteiger partial charge in [0.25, 0.3) is 0 Å². The van der Waals surface area contributed by atoms with Gasteiger partial charge in [0.05, 0.1) is 45.2 Å². The molecular formula is C34H49N3O22. The van der Waals surface area contributed by atoms with Crippen LogP contribution in [-0.4, -0.2) is 226 Å². The summed E-state index contributed by atoms with van der Waals surface area (Å²) in [4.78, 5) is 16.2. The lowest BCUT2D eigenvalue weighted by Gasteiger charge is -2.31. The number of esters is 1. The van der Waals surface area contributed by atoms with Gasteiger partial charge >= 0.3 is 5.97 Å². The van der Waals surface area contributed by atoms with E-state index in [0.717, 1.165) is 0 Å². The maximum absolute atomic E-state index is 13.5. The van der Waals surface area contributed by atoms with Crippen molar-refractivity contribution in [2.75, 3.05) is 46.2 Å². The number of hydrogen-bond donors (Lipinski definition) is 10. The van der Waals surface area contributed by atoms with Gasteiger partial charge < -0.3 is 103 Å². The number of nitrogens with zero attached hydrogens (tertiary/aromatic N) is 3. The molecule has 0 aliphatic carbocycles. The van der Waals surface area contributed by atoms with Crippen LogP contribution in [0.1, 0.15) is 10.4 Å². The van der Waals surface area contributed by atoms with Crippen molar-refractivity contribution < 1.29 is 108 Å². The van der Waals surface area contributed by atoms with Gasteiger partial charge in [-0.25, -0.2) is 4.79 Å². The van der Waals surface area contributed by atoms with Crippen molar-refractivity contribution in [3.8, 4) is 0 Å². The van der Waals surface area contributed by atoms with E-state index in [1.807, 2.05) is 0 Å². The van der Waals surface area contributed by atoms with E-state index in [1.54, 1.807) is 18.2 Å². The molecule has 0 amide bonds. The van der Waals surface area contributed by atoms with Crippen molar-refractivity contribution >= 4 is 5.97 Å². The third kappa shape index (κ3) is 10.1. The molecule has 10 N–H and O–H groups in total. The Bertz CT molecular complexity index is 1530. The summed E-state index contributed by atoms with van der Waals surface area (Å²) in [5.41, 5.74) is 8.89. The molecule has 332 valence electrons. The summed E-state index contributed by atoms with van der Waals surface area (Å²) in [6.07, 6.45) is -30.2. The summed E-state index contributed by atoms with van der Waals surface area (Å²) in [6.45, 7) is -3.86. The molecule has 59 heavy (non-hydrogen) atoms. The lowest BCUT2D eigenvalue weighted by molar-refractivity contribution is -0.270. The lowest BCUT2D eigenvalue weighted by atomic mass is 10.1. The Morgan fingerprint density at radius 2 is 1.03 bits per heavy atom. The number of benzene rings is 1. The molecule has 5 saturated heterocycles. The highest BCUT2D eigenvalue weighted by Gasteiger charge is 2.57. The first-order valence-corrected chi connectivity index (χ1v) is 18.7. The number of carbonyl (C=O) groups excluding carboxylic acids is 1. The van der Waals surface area contributed by atoms with Crippen LogP contribution in [0.15, 0.2) is 35.4 Å². The van der Waals surface area contributed by atoms with Crippen LogP contribution < -0.4 is 0 Å². The van der Waals surface area contributed by atoms with E-state index in [-0.39, 0.29) is 18.7 Å². The summed E-state index contributed by atoms with van der Waals surface area (Å²) in [6, 6.07) is 7.75. The first-order chi connectivity index (χ1) is 28.4. The molecule has 0 saturated carbocycles. The van der Waals surface area contributed by atoms with Gasteiger partial charge in [0, 0.05) is 11.5 Å². The van der Waals surface area contributed by atoms with Crippen molar-refractivity contribution in [2.45, 2.75) is 123 Å². The van der Waals surface area contributed by atoms with Crippen molar-refractivity contribution in [2.24, 2.45) is 5.11 Å². The minimum atomic E-state index is -1.70. The Morgan fingerprint density at radius 1 is 0.576 bits per heavy atom. The lowest BCUT2D eigenvalue weighted by Crippen LogP contribution is -2.48. The van der Waals surface area contributed by atoms with Crippen LogP contribution >= 0.6 is 0 Å². The van der Waals surface area contributed by atoms with E-state index in [4.69, 9.17) is 57.6 Å². The number of ether oxygens (including phenoxy) is 11. The monoisotopic (exact) mass is 851 g/mol. The Labute approximate surface area is 334 Å². The molecule has 0 spiro atoms. The predicted molar refractivity (Wildman–Crippen MR) is 184 cm³/mol. The van der Waals surface area contributed by atoms with E-state index in [0.29, 0.717) is 0 Å². The summed E-state index contributed by atoms with van der Waals surface area (Å²) in [5, 5.41) is 106. The third-order valence-electron chi connectivity index (χ3n) is 10.3. The molecule has 6 rings (SSSR count). The molecule has 0 radical (unpaired) electrons. The topological polar surface area (TPSA) is 370 Å². The van der Waals surface area contributed by atoms with Crippen LogP contribution in [0.5, 0.6) is 0 Å². The second kappa shape index (κ2) is 20.8. The highest BCUT2D eigenvalue weighted by Crippen LogP contribution is 2.37. The van der Waals surface area contributed by atoms with E-state index in [9.17, 15) is 55.9 Å². The molecule has 5 heterocycles. The molecule has 5 fully saturated rings. The number of hydrogen-bond acceptors (Lipinski definition) is 23. The van der Waals surface area contributed by atoms with Gasteiger partial charge in [-0.15, -0.1) is 0 Å². The molecule has 1 aromatic carbocycles. The Morgan fingerprint density at radius 3 is 1.56 bits per heavy atom. The van der Waals surface area contributed by atoms with Crippen LogP contribution in [0, 0.1) is 0 Å². The maximum Gasteiger partial charge on any atom is 0.338 e. The van der Waals surface area contributed by atoms with E-state index in [2.05, 4.69) is 10.0 Å². The molecule has 25 nitrogen and oxygen atoms in total. The molecule has 0 aromatic heterocycles. The molecule has 5 aliphatic heterocycles. The highest BCUT2D eigenvalue weighted by atomic mass is 16.8. The normalized spacial score (nSPS) is 43.3. The minimum Gasteiger partial charge on any atom is -0.450 e. The summed E-state index contributed by atoms with van der Waals surface area (Å²) >= 11 is 0. The van der Waals surface area contributed by atoms with Gasteiger partial charge in [0.2, 0.25) is 0 Å². The largest absolute Gasteiger partial charge is 0.450 e. The number of aliphatic hydroxyl groups excluding tert-OH is 10. The second-order valence-corrected chi connectivity index (χ2v) is 14.1. The zero-order chi connectivity index (χ0) is 42.4. The van der Waals surface area contributed by atoms with Crippen LogP contribution in [-0.2, 0) is 52.1 Å². The highest BCUT2D eigenvalue weighted by molar-refractivity contribution is 5.89. The molecular weight excluding hydrogens is 802 g/mol. The average molecular weight is 852 g/mol. The third-order valence-corrected chi connectivity index (χ3v) is 10.3. The van der Waals surface area contributed by atoms with Crippen LogP contribution in [0.4, 0.5) is 0 Å². The Kier molecular flexibility index (Phi) is 16.2. The fraction of sp³-hybridized carbons (Fsp3) is 0.794. The standard InChI is InChI=1S/C34H49N3O22/c35-37-36-6-7-49-33-28(56-29(48)13-4-2-1-3-5-13)25(57-34-27(22(45)17(11-41)54-34)59-31-24(47)20(43)15(9-39)52-31)18(55-33)12-50-32-26(21(44)16(10-40)53-32)58-30-23(46)19(42)14(8-38)51-30/h1-5,14-28,30-34,38-47H,6-12H2/t14-,15-,16-,17-,18-,19-,20-,21-,22-,23+,24+,25-,26+,27+,28+,30-,31-,32+,33+,34-/m1/s1. The van der Waals surface area contributed by atoms with Gasteiger partial charge in [-0.05, 0) is 17.7 Å². The molecule has 0 bridgehead atoms. The fourth-order valence-electron chi connectivity index (χ4n) is 7.12. The first-order valence-electron chi connectivity index (χ1n) is 18.7. The fourth-order valence-corrected chi connectivity index (χ4v) is 7.12. The van der Waals surface area contributed by atoms with Crippen LogP contribution in [0.2, 0.25) is 0 Å². The molecule has 25 heteroatoms. The summed E-state index contributed by atoms with van der Waals surface area (Å²) in [5.74, 6) is -0.877. The van der Waals surface area contributed by atoms with Gasteiger partial charge in [-0.1, -0.05) is 23.3 Å². The second-order valence-electron chi connectivity index (χ2n) is 14.1. The van der Waals surface area contributed by atoms with Crippen molar-refractivity contribution in [1.29, 1.82) is 0 Å². The van der Waals surface area contributed by atoms with Gasteiger partial charge in [-0.2, -0.15) is 0 Å². The zero-order valence-electron chi connectivity index (χ0n) is 31.1. The maximum atomic E-state index is 13.5. The van der Waals surface area contributed by atoms with E-state index >= 15 is 0 Å². The van der Waals surface area contributed by atoms with Crippen LogP contribution in [0.25, 0.3) is 10.4 Å². The zero-order valence-corrected chi connectivity index (χ0v) is 31.1. The number of aliphatic hydroxyl groups is 10. The van der Waals surface area contributed by atoms with E-state index < -0.39 is 162 Å². The Balaban J connectivity index is 1.27. The van der Waals surface area contributed by atoms with Crippen molar-refractivity contribution in [1.82, 2.24) is 0 Å². The molecule has 1 aromatic rings. The van der Waals surface area contributed by atoms with Gasteiger partial charge in [0.15, 0.2) is 37.6 Å². The quantitative estimate of drug-likeness (QED) is 0.0204. The number of azide groups is 1. The summed E-state index contributed by atoms with van der Waals surface area (Å²) < 4.78 is 64.0. The average Bonchev–Trinajstić information content (AvgIpc) is 3.99.